The number of aryl methyl sites for hydroxylation is 2. The van der Waals surface area contributed by atoms with E-state index < -0.39 is 0 Å². The second kappa shape index (κ2) is 7.93. The predicted molar refractivity (Wildman–Crippen MR) is 131 cm³/mol. The van der Waals surface area contributed by atoms with Crippen molar-refractivity contribution < 1.29 is 4.79 Å². The molecule has 0 aromatic carbocycles. The van der Waals surface area contributed by atoms with Crippen LogP contribution in [-0.2, 0) is 19.4 Å². The molecule has 0 spiro atoms. The number of fused-ring (bicyclic) bond motifs is 3. The molecule has 0 N–H and O–H groups in total. The van der Waals surface area contributed by atoms with Gasteiger partial charge in [0.25, 0.3) is 11.5 Å². The highest BCUT2D eigenvalue weighted by molar-refractivity contribution is 7.20. The average Bonchev–Trinajstić information content (AvgIpc) is 3.51. The molecular weight excluding hydrogens is 458 g/mol. The van der Waals surface area contributed by atoms with Gasteiger partial charge in [0, 0.05) is 29.3 Å². The van der Waals surface area contributed by atoms with Gasteiger partial charge in [0.2, 0.25) is 0 Å². The first-order chi connectivity index (χ1) is 15.6. The first-order valence-corrected chi connectivity index (χ1v) is 13.6. The summed E-state index contributed by atoms with van der Waals surface area (Å²) in [5.74, 6) is 0.887. The number of hydrogen-bond acceptors (Lipinski definition) is 6. The molecule has 4 aromatic heterocycles. The number of aromatic nitrogens is 2. The molecule has 1 atom stereocenters. The van der Waals surface area contributed by atoms with Crippen LogP contribution in [0.5, 0.6) is 0 Å². The van der Waals surface area contributed by atoms with Crippen molar-refractivity contribution >= 4 is 50.1 Å². The Kier molecular flexibility index (Phi) is 5.04. The molecule has 164 valence electrons. The maximum Gasteiger partial charge on any atom is 0.265 e. The summed E-state index contributed by atoms with van der Waals surface area (Å²) in [5.41, 5.74) is 2.04. The molecule has 5 nitrogen and oxygen atoms in total. The van der Waals surface area contributed by atoms with E-state index in [1.54, 1.807) is 22.7 Å². The zero-order valence-electron chi connectivity index (χ0n) is 17.8. The Bertz CT molecular complexity index is 1380. The number of carbonyl (C=O) groups is 1. The number of hydrogen-bond donors (Lipinski definition) is 0. The number of thiophene rings is 3. The highest BCUT2D eigenvalue weighted by Gasteiger charge is 2.35. The molecule has 32 heavy (non-hydrogen) atoms. The Labute approximate surface area is 198 Å². The number of nitrogens with zero attached hydrogens (tertiary/aromatic N) is 3. The summed E-state index contributed by atoms with van der Waals surface area (Å²) in [4.78, 5) is 38.0. The third-order valence-corrected chi connectivity index (χ3v) is 9.74. The molecule has 0 aliphatic carbocycles. The summed E-state index contributed by atoms with van der Waals surface area (Å²) in [5, 5.41) is 4.83. The van der Waals surface area contributed by atoms with Gasteiger partial charge in [-0.15, -0.1) is 34.0 Å². The van der Waals surface area contributed by atoms with Crippen molar-refractivity contribution in [2.45, 2.75) is 51.6 Å². The van der Waals surface area contributed by atoms with Crippen LogP contribution in [0.3, 0.4) is 0 Å². The van der Waals surface area contributed by atoms with Gasteiger partial charge in [-0.2, -0.15) is 0 Å². The van der Waals surface area contributed by atoms with Crippen molar-refractivity contribution in [3.05, 3.63) is 70.9 Å². The van der Waals surface area contributed by atoms with E-state index in [9.17, 15) is 9.59 Å². The van der Waals surface area contributed by atoms with Gasteiger partial charge in [0.1, 0.15) is 10.7 Å². The highest BCUT2D eigenvalue weighted by Crippen LogP contribution is 2.41. The monoisotopic (exact) mass is 481 g/mol. The summed E-state index contributed by atoms with van der Waals surface area (Å²) in [6.45, 7) is 3.33. The number of amides is 1. The van der Waals surface area contributed by atoms with Gasteiger partial charge in [0.15, 0.2) is 0 Å². The van der Waals surface area contributed by atoms with Crippen molar-refractivity contribution in [2.75, 3.05) is 6.54 Å². The lowest BCUT2D eigenvalue weighted by Gasteiger charge is -2.35. The van der Waals surface area contributed by atoms with Crippen LogP contribution in [0.15, 0.2) is 33.8 Å². The molecule has 0 saturated heterocycles. The van der Waals surface area contributed by atoms with E-state index in [1.165, 1.54) is 26.7 Å². The summed E-state index contributed by atoms with van der Waals surface area (Å²) < 4.78 is 1.84. The Morgan fingerprint density at radius 3 is 2.84 bits per heavy atom. The zero-order chi connectivity index (χ0) is 21.8. The van der Waals surface area contributed by atoms with Crippen LogP contribution in [-0.4, -0.2) is 26.9 Å². The van der Waals surface area contributed by atoms with Crippen molar-refractivity contribution in [1.29, 1.82) is 0 Å². The molecule has 4 aromatic rings. The Balaban J connectivity index is 1.46. The van der Waals surface area contributed by atoms with Crippen molar-refractivity contribution in [3.63, 3.8) is 0 Å². The smallest absolute Gasteiger partial charge is 0.265 e. The summed E-state index contributed by atoms with van der Waals surface area (Å²) in [7, 11) is 0. The zero-order valence-corrected chi connectivity index (χ0v) is 20.2. The maximum absolute atomic E-state index is 13.9. The van der Waals surface area contributed by atoms with Gasteiger partial charge < -0.3 is 4.90 Å². The third-order valence-electron chi connectivity index (χ3n) is 6.65. The second-order valence-electron chi connectivity index (χ2n) is 8.50. The summed E-state index contributed by atoms with van der Waals surface area (Å²) in [6, 6.07) is 6.26. The lowest BCUT2D eigenvalue weighted by molar-refractivity contribution is 0.0703. The lowest BCUT2D eigenvalue weighted by Crippen LogP contribution is -2.39. The number of rotatable bonds is 2. The molecule has 6 rings (SSSR count). The average molecular weight is 482 g/mol. The fourth-order valence-electron chi connectivity index (χ4n) is 5.03. The molecule has 6 heterocycles. The van der Waals surface area contributed by atoms with Crippen LogP contribution in [0.1, 0.15) is 61.7 Å². The van der Waals surface area contributed by atoms with E-state index in [-0.39, 0.29) is 17.5 Å². The van der Waals surface area contributed by atoms with Crippen molar-refractivity contribution in [1.82, 2.24) is 14.5 Å². The fraction of sp³-hybridized carbons (Fsp3) is 0.375. The van der Waals surface area contributed by atoms with Gasteiger partial charge in [-0.25, -0.2) is 4.98 Å². The number of carbonyl (C=O) groups excluding carboxylic acids is 1. The SMILES string of the molecule is Cc1c(C(=O)N2CCc3sccc3C2c2cccs2)sc2nc3n(c(=O)c12)CCCCC3. The van der Waals surface area contributed by atoms with E-state index >= 15 is 0 Å². The van der Waals surface area contributed by atoms with Crippen LogP contribution in [0.25, 0.3) is 10.2 Å². The molecule has 0 radical (unpaired) electrons. The normalized spacial score (nSPS) is 18.4. The minimum absolute atomic E-state index is 0.0142. The van der Waals surface area contributed by atoms with Gasteiger partial charge in [-0.3, -0.25) is 14.2 Å². The molecule has 8 heteroatoms. The molecule has 1 unspecified atom stereocenters. The Hall–Kier alpha value is -2.29. The van der Waals surface area contributed by atoms with Crippen molar-refractivity contribution in [3.8, 4) is 0 Å². The van der Waals surface area contributed by atoms with E-state index in [2.05, 4.69) is 22.9 Å². The fourth-order valence-corrected chi connectivity index (χ4v) is 7.94. The van der Waals surface area contributed by atoms with E-state index in [1.807, 2.05) is 22.5 Å². The predicted octanol–water partition coefficient (Wildman–Crippen LogP) is 5.40. The topological polar surface area (TPSA) is 55.2 Å². The molecule has 0 bridgehead atoms. The van der Waals surface area contributed by atoms with Gasteiger partial charge in [-0.1, -0.05) is 12.5 Å². The van der Waals surface area contributed by atoms with E-state index in [0.29, 0.717) is 21.6 Å². The largest absolute Gasteiger partial charge is 0.326 e. The first-order valence-electron chi connectivity index (χ1n) is 11.1. The molecule has 2 aliphatic rings. The van der Waals surface area contributed by atoms with Crippen LogP contribution in [0, 0.1) is 6.92 Å². The summed E-state index contributed by atoms with van der Waals surface area (Å²) >= 11 is 4.86. The highest BCUT2D eigenvalue weighted by atomic mass is 32.1. The molecule has 0 fully saturated rings. The van der Waals surface area contributed by atoms with Crippen LogP contribution in [0.4, 0.5) is 0 Å². The summed E-state index contributed by atoms with van der Waals surface area (Å²) in [6.07, 6.45) is 4.91. The van der Waals surface area contributed by atoms with Gasteiger partial charge >= 0.3 is 0 Å². The maximum atomic E-state index is 13.9. The van der Waals surface area contributed by atoms with Gasteiger partial charge in [0.05, 0.1) is 16.3 Å². The minimum atomic E-state index is -0.0621. The third kappa shape index (κ3) is 3.11. The molecule has 1 amide bonds. The lowest BCUT2D eigenvalue weighted by atomic mass is 9.98. The van der Waals surface area contributed by atoms with E-state index in [0.717, 1.165) is 50.0 Å². The Morgan fingerprint density at radius 2 is 2.00 bits per heavy atom. The molecule has 0 saturated carbocycles. The van der Waals surface area contributed by atoms with Crippen LogP contribution >= 0.6 is 34.0 Å². The van der Waals surface area contributed by atoms with Crippen LogP contribution in [0.2, 0.25) is 0 Å². The first kappa shape index (κ1) is 20.3. The van der Waals surface area contributed by atoms with Crippen LogP contribution < -0.4 is 5.56 Å². The molecule has 2 aliphatic heterocycles. The second-order valence-corrected chi connectivity index (χ2v) is 11.5. The van der Waals surface area contributed by atoms with E-state index in [4.69, 9.17) is 4.98 Å². The van der Waals surface area contributed by atoms with Crippen molar-refractivity contribution in [2.24, 2.45) is 0 Å². The molecular formula is C24H23N3O2S3. The Morgan fingerprint density at radius 1 is 1.09 bits per heavy atom. The standard InChI is InChI=1S/C24H23N3O2S3/c1-14-19-22(25-18-7-3-2-4-10-26(18)23(19)28)32-21(14)24(29)27-11-8-16-15(9-13-31-16)20(27)17-6-5-12-30-17/h5-6,9,12-13,20H,2-4,7-8,10-11H2,1H3. The minimum Gasteiger partial charge on any atom is -0.326 e. The van der Waals surface area contributed by atoms with Gasteiger partial charge in [-0.05, 0) is 60.2 Å². The quantitative estimate of drug-likeness (QED) is 0.385.